The summed E-state index contributed by atoms with van der Waals surface area (Å²) in [6, 6.07) is 10.8. The molecule has 0 radical (unpaired) electrons. The van der Waals surface area contributed by atoms with E-state index in [1.54, 1.807) is 24.3 Å². The SMILES string of the molecule is O=C(O)/C(=C\c1ccc(Cl)cc1Cl)c1cccc(O)c1. The van der Waals surface area contributed by atoms with Crippen LogP contribution in [0.5, 0.6) is 5.75 Å². The van der Waals surface area contributed by atoms with E-state index in [1.807, 2.05) is 0 Å². The molecule has 0 aromatic heterocycles. The Morgan fingerprint density at radius 1 is 1.10 bits per heavy atom. The van der Waals surface area contributed by atoms with Crippen LogP contribution >= 0.6 is 23.2 Å². The van der Waals surface area contributed by atoms with Gasteiger partial charge in [0.15, 0.2) is 0 Å². The first kappa shape index (κ1) is 14.4. The zero-order valence-corrected chi connectivity index (χ0v) is 11.7. The van der Waals surface area contributed by atoms with Gasteiger partial charge in [-0.05, 0) is 41.5 Å². The number of benzene rings is 2. The molecule has 0 aliphatic rings. The van der Waals surface area contributed by atoms with Crippen LogP contribution in [0.15, 0.2) is 42.5 Å². The maximum Gasteiger partial charge on any atom is 0.336 e. The van der Waals surface area contributed by atoms with Crippen molar-refractivity contribution in [3.8, 4) is 5.75 Å². The first-order chi connectivity index (χ1) is 9.47. The van der Waals surface area contributed by atoms with E-state index < -0.39 is 5.97 Å². The molecule has 102 valence electrons. The van der Waals surface area contributed by atoms with E-state index in [4.69, 9.17) is 23.2 Å². The largest absolute Gasteiger partial charge is 0.508 e. The van der Waals surface area contributed by atoms with Crippen molar-refractivity contribution < 1.29 is 15.0 Å². The fourth-order valence-corrected chi connectivity index (χ4v) is 2.18. The number of aromatic hydroxyl groups is 1. The van der Waals surface area contributed by atoms with Crippen LogP contribution in [0.3, 0.4) is 0 Å². The van der Waals surface area contributed by atoms with Crippen molar-refractivity contribution in [3.63, 3.8) is 0 Å². The van der Waals surface area contributed by atoms with Crippen molar-refractivity contribution in [1.82, 2.24) is 0 Å². The molecule has 3 nitrogen and oxygen atoms in total. The molecule has 0 unspecified atom stereocenters. The predicted octanol–water partition coefficient (Wildman–Crippen LogP) is 4.32. The fraction of sp³-hybridized carbons (Fsp3) is 0. The van der Waals surface area contributed by atoms with Gasteiger partial charge in [0.1, 0.15) is 5.75 Å². The molecule has 0 amide bonds. The number of phenolic OH excluding ortho intramolecular Hbond substituents is 1. The average Bonchev–Trinajstić information content (AvgIpc) is 2.37. The van der Waals surface area contributed by atoms with Gasteiger partial charge in [0.2, 0.25) is 0 Å². The molecule has 2 aromatic rings. The molecule has 20 heavy (non-hydrogen) atoms. The van der Waals surface area contributed by atoms with Gasteiger partial charge < -0.3 is 10.2 Å². The Balaban J connectivity index is 2.53. The number of carbonyl (C=O) groups is 1. The number of carboxylic acid groups (broad SMARTS) is 1. The number of rotatable bonds is 3. The van der Waals surface area contributed by atoms with Gasteiger partial charge in [0.05, 0.1) is 5.57 Å². The van der Waals surface area contributed by atoms with E-state index in [1.165, 1.54) is 24.3 Å². The molecule has 0 heterocycles. The molecule has 0 saturated heterocycles. The van der Waals surface area contributed by atoms with Gasteiger partial charge in [0.25, 0.3) is 0 Å². The highest BCUT2D eigenvalue weighted by atomic mass is 35.5. The molecule has 0 saturated carbocycles. The number of halogens is 2. The Bertz CT molecular complexity index is 693. The molecular weight excluding hydrogens is 299 g/mol. The molecule has 5 heteroatoms. The van der Waals surface area contributed by atoms with E-state index in [9.17, 15) is 15.0 Å². The molecular formula is C15H10Cl2O3. The van der Waals surface area contributed by atoms with E-state index in [0.29, 0.717) is 21.2 Å². The second-order valence-corrected chi connectivity index (χ2v) is 4.92. The van der Waals surface area contributed by atoms with E-state index in [-0.39, 0.29) is 11.3 Å². The third kappa shape index (κ3) is 3.32. The number of hydrogen-bond acceptors (Lipinski definition) is 2. The number of phenols is 1. The second kappa shape index (κ2) is 5.99. The summed E-state index contributed by atoms with van der Waals surface area (Å²) >= 11 is 11.8. The van der Waals surface area contributed by atoms with Gasteiger partial charge in [-0.15, -0.1) is 0 Å². The standard InChI is InChI=1S/C15H10Cl2O3/c16-11-5-4-10(14(17)8-11)7-13(15(19)20)9-2-1-3-12(18)6-9/h1-8,18H,(H,19,20)/b13-7-. The topological polar surface area (TPSA) is 57.5 Å². The van der Waals surface area contributed by atoms with Crippen LogP contribution in [0, 0.1) is 0 Å². The van der Waals surface area contributed by atoms with Crippen LogP contribution in [0.1, 0.15) is 11.1 Å². The molecule has 0 spiro atoms. The Labute approximate surface area is 125 Å². The molecule has 0 fully saturated rings. The van der Waals surface area contributed by atoms with Crippen molar-refractivity contribution >= 4 is 40.8 Å². The quantitative estimate of drug-likeness (QED) is 0.655. The Kier molecular flexibility index (Phi) is 4.32. The summed E-state index contributed by atoms with van der Waals surface area (Å²) in [7, 11) is 0. The minimum absolute atomic E-state index is 0.00291. The van der Waals surface area contributed by atoms with Crippen molar-refractivity contribution in [2.75, 3.05) is 0 Å². The van der Waals surface area contributed by atoms with E-state index >= 15 is 0 Å². The number of hydrogen-bond donors (Lipinski definition) is 2. The van der Waals surface area contributed by atoms with E-state index in [0.717, 1.165) is 0 Å². The van der Waals surface area contributed by atoms with Crippen molar-refractivity contribution in [1.29, 1.82) is 0 Å². The van der Waals surface area contributed by atoms with Crippen LogP contribution in [-0.2, 0) is 4.79 Å². The smallest absolute Gasteiger partial charge is 0.336 e. The lowest BCUT2D eigenvalue weighted by molar-refractivity contribution is -0.130. The maximum atomic E-state index is 11.4. The fourth-order valence-electron chi connectivity index (χ4n) is 1.72. The molecule has 0 aliphatic heterocycles. The van der Waals surface area contributed by atoms with Crippen LogP contribution in [-0.4, -0.2) is 16.2 Å². The van der Waals surface area contributed by atoms with Crippen LogP contribution in [0.4, 0.5) is 0 Å². The monoisotopic (exact) mass is 308 g/mol. The van der Waals surface area contributed by atoms with Crippen LogP contribution in [0.2, 0.25) is 10.0 Å². The second-order valence-electron chi connectivity index (χ2n) is 4.08. The van der Waals surface area contributed by atoms with Crippen LogP contribution in [0.25, 0.3) is 11.6 Å². The number of carboxylic acids is 1. The van der Waals surface area contributed by atoms with Crippen molar-refractivity contribution in [2.24, 2.45) is 0 Å². The highest BCUT2D eigenvalue weighted by Gasteiger charge is 2.12. The van der Waals surface area contributed by atoms with Crippen molar-refractivity contribution in [2.45, 2.75) is 0 Å². The zero-order valence-electron chi connectivity index (χ0n) is 10.2. The maximum absolute atomic E-state index is 11.4. The number of aliphatic carboxylic acids is 1. The average molecular weight is 309 g/mol. The van der Waals surface area contributed by atoms with Gasteiger partial charge in [-0.25, -0.2) is 4.79 Å². The van der Waals surface area contributed by atoms with Gasteiger partial charge in [0, 0.05) is 10.0 Å². The van der Waals surface area contributed by atoms with Crippen molar-refractivity contribution in [3.05, 3.63) is 63.6 Å². The Morgan fingerprint density at radius 3 is 2.45 bits per heavy atom. The zero-order chi connectivity index (χ0) is 14.7. The summed E-state index contributed by atoms with van der Waals surface area (Å²) in [6.45, 7) is 0. The highest BCUT2D eigenvalue weighted by Crippen LogP contribution is 2.27. The lowest BCUT2D eigenvalue weighted by atomic mass is 10.0. The third-order valence-electron chi connectivity index (χ3n) is 2.65. The summed E-state index contributed by atoms with van der Waals surface area (Å²) in [4.78, 5) is 11.4. The minimum atomic E-state index is -1.11. The summed E-state index contributed by atoms with van der Waals surface area (Å²) in [5.74, 6) is -1.11. The summed E-state index contributed by atoms with van der Waals surface area (Å²) < 4.78 is 0. The molecule has 0 aliphatic carbocycles. The first-order valence-electron chi connectivity index (χ1n) is 5.67. The lowest BCUT2D eigenvalue weighted by Gasteiger charge is -2.05. The summed E-state index contributed by atoms with van der Waals surface area (Å²) in [6.07, 6.45) is 1.44. The summed E-state index contributed by atoms with van der Waals surface area (Å²) in [5, 5.41) is 19.6. The third-order valence-corrected chi connectivity index (χ3v) is 3.21. The van der Waals surface area contributed by atoms with Gasteiger partial charge in [-0.2, -0.15) is 0 Å². The summed E-state index contributed by atoms with van der Waals surface area (Å²) in [5.41, 5.74) is 0.963. The molecule has 0 bridgehead atoms. The van der Waals surface area contributed by atoms with Gasteiger partial charge in [-0.3, -0.25) is 0 Å². The normalized spacial score (nSPS) is 11.4. The van der Waals surface area contributed by atoms with Crippen LogP contribution < -0.4 is 0 Å². The molecule has 2 aromatic carbocycles. The predicted molar refractivity (Wildman–Crippen MR) is 80.1 cm³/mol. The lowest BCUT2D eigenvalue weighted by Crippen LogP contribution is -1.99. The van der Waals surface area contributed by atoms with Gasteiger partial charge in [-0.1, -0.05) is 41.4 Å². The highest BCUT2D eigenvalue weighted by molar-refractivity contribution is 6.36. The van der Waals surface area contributed by atoms with Gasteiger partial charge >= 0.3 is 5.97 Å². The molecule has 2 N–H and O–H groups in total. The Morgan fingerprint density at radius 2 is 1.85 bits per heavy atom. The minimum Gasteiger partial charge on any atom is -0.508 e. The Hall–Kier alpha value is -1.97. The first-order valence-corrected chi connectivity index (χ1v) is 6.42. The molecule has 2 rings (SSSR count). The van der Waals surface area contributed by atoms with E-state index in [2.05, 4.69) is 0 Å². The molecule has 0 atom stereocenters.